The molecule has 0 radical (unpaired) electrons. The van der Waals surface area contributed by atoms with Gasteiger partial charge in [0.1, 0.15) is 23.9 Å². The van der Waals surface area contributed by atoms with E-state index in [9.17, 15) is 4.79 Å². The van der Waals surface area contributed by atoms with Crippen LogP contribution in [0.1, 0.15) is 41.5 Å². The quantitative estimate of drug-likeness (QED) is 0.692. The molecule has 0 spiro atoms. The summed E-state index contributed by atoms with van der Waals surface area (Å²) in [5.41, 5.74) is 4.87. The lowest BCUT2D eigenvalue weighted by Crippen LogP contribution is -2.34. The first-order chi connectivity index (χ1) is 15.1. The molecule has 31 heavy (non-hydrogen) atoms. The number of ether oxygens (including phenoxy) is 2. The van der Waals surface area contributed by atoms with Crippen LogP contribution in [-0.4, -0.2) is 34.8 Å². The second-order valence-electron chi connectivity index (χ2n) is 7.94. The zero-order valence-electron chi connectivity index (χ0n) is 17.8. The molecule has 2 aliphatic rings. The van der Waals surface area contributed by atoms with Crippen LogP contribution in [0.2, 0.25) is 0 Å². The third-order valence-electron chi connectivity index (χ3n) is 6.23. The highest BCUT2D eigenvalue weighted by Crippen LogP contribution is 2.46. The molecule has 0 amide bonds. The molecule has 0 saturated heterocycles. The van der Waals surface area contributed by atoms with E-state index in [2.05, 4.69) is 34.5 Å². The van der Waals surface area contributed by atoms with Gasteiger partial charge in [-0.1, -0.05) is 30.3 Å². The normalized spacial score (nSPS) is 20.0. The number of carbonyl (C=O) groups is 1. The van der Waals surface area contributed by atoms with Crippen molar-refractivity contribution < 1.29 is 14.3 Å². The van der Waals surface area contributed by atoms with Crippen molar-refractivity contribution in [2.75, 3.05) is 19.5 Å². The Morgan fingerprint density at radius 3 is 2.68 bits per heavy atom. The monoisotopic (exact) mass is 416 g/mol. The number of methoxy groups -OCH3 is 2. The number of anilines is 1. The van der Waals surface area contributed by atoms with E-state index in [1.165, 1.54) is 6.33 Å². The van der Waals surface area contributed by atoms with Gasteiger partial charge in [0, 0.05) is 29.7 Å². The van der Waals surface area contributed by atoms with Crippen LogP contribution in [0.25, 0.3) is 0 Å². The van der Waals surface area contributed by atoms with Crippen LogP contribution >= 0.6 is 0 Å². The van der Waals surface area contributed by atoms with E-state index in [0.29, 0.717) is 18.8 Å². The lowest BCUT2D eigenvalue weighted by molar-refractivity contribution is -0.116. The van der Waals surface area contributed by atoms with Crippen molar-refractivity contribution in [3.8, 4) is 11.5 Å². The fourth-order valence-electron chi connectivity index (χ4n) is 4.71. The molecule has 0 fully saturated rings. The number of benzene rings is 2. The number of hydrogen-bond donors (Lipinski definition) is 1. The Kier molecular flexibility index (Phi) is 4.73. The van der Waals surface area contributed by atoms with Gasteiger partial charge in [0.2, 0.25) is 5.95 Å². The van der Waals surface area contributed by atoms with Crippen LogP contribution in [-0.2, 0) is 4.79 Å². The van der Waals surface area contributed by atoms with E-state index >= 15 is 0 Å². The van der Waals surface area contributed by atoms with E-state index in [-0.39, 0.29) is 17.7 Å². The third-order valence-corrected chi connectivity index (χ3v) is 6.23. The topological polar surface area (TPSA) is 78.3 Å². The number of aromatic nitrogens is 3. The first kappa shape index (κ1) is 19.4. The minimum atomic E-state index is -0.277. The molecule has 2 atom stereocenters. The number of nitrogens with one attached hydrogen (secondary N) is 1. The summed E-state index contributed by atoms with van der Waals surface area (Å²) in [6, 6.07) is 13.6. The third kappa shape index (κ3) is 3.17. The van der Waals surface area contributed by atoms with E-state index in [1.54, 1.807) is 14.2 Å². The highest BCUT2D eigenvalue weighted by molar-refractivity contribution is 6.00. The molecule has 7 heteroatoms. The van der Waals surface area contributed by atoms with Gasteiger partial charge in [0.25, 0.3) is 0 Å². The van der Waals surface area contributed by atoms with Crippen molar-refractivity contribution in [1.82, 2.24) is 14.8 Å². The number of rotatable bonds is 4. The van der Waals surface area contributed by atoms with Crippen LogP contribution < -0.4 is 14.8 Å². The molecule has 1 aliphatic carbocycles. The van der Waals surface area contributed by atoms with Gasteiger partial charge in [-0.05, 0) is 36.1 Å². The van der Waals surface area contributed by atoms with Crippen LogP contribution in [0.3, 0.4) is 0 Å². The molecule has 1 N–H and O–H groups in total. The molecule has 0 saturated carbocycles. The van der Waals surface area contributed by atoms with Crippen LogP contribution in [0.5, 0.6) is 11.5 Å². The second-order valence-corrected chi connectivity index (χ2v) is 7.94. The molecule has 1 aromatic heterocycles. The van der Waals surface area contributed by atoms with Crippen molar-refractivity contribution in [2.45, 2.75) is 31.7 Å². The molecular formula is C24H24N4O3. The summed E-state index contributed by atoms with van der Waals surface area (Å²) in [6.45, 7) is 2.06. The average Bonchev–Trinajstić information content (AvgIpc) is 3.26. The number of ketones is 1. The van der Waals surface area contributed by atoms with Crippen molar-refractivity contribution in [1.29, 1.82) is 0 Å². The van der Waals surface area contributed by atoms with Gasteiger partial charge in [-0.25, -0.2) is 4.68 Å². The van der Waals surface area contributed by atoms with Crippen molar-refractivity contribution >= 4 is 11.7 Å². The van der Waals surface area contributed by atoms with Gasteiger partial charge in [-0.3, -0.25) is 4.79 Å². The molecule has 7 nitrogen and oxygen atoms in total. The van der Waals surface area contributed by atoms with Gasteiger partial charge < -0.3 is 14.8 Å². The lowest BCUT2D eigenvalue weighted by Gasteiger charge is -2.35. The smallest absolute Gasteiger partial charge is 0.226 e. The van der Waals surface area contributed by atoms with Gasteiger partial charge in [-0.2, -0.15) is 10.1 Å². The fourth-order valence-corrected chi connectivity index (χ4v) is 4.71. The highest BCUT2D eigenvalue weighted by Gasteiger charge is 2.40. The van der Waals surface area contributed by atoms with E-state index in [0.717, 1.165) is 39.5 Å². The number of allylic oxidation sites excluding steroid dienone is 2. The summed E-state index contributed by atoms with van der Waals surface area (Å²) in [5.74, 6) is 2.24. The van der Waals surface area contributed by atoms with Gasteiger partial charge in [0.15, 0.2) is 5.78 Å². The standard InChI is InChI=1S/C24H24N4O3/c1-14-6-4-5-7-17(14)23-22-19(27-24-25-13-26-28(23)24)10-15(11-20(22)29)18-9-8-16(30-2)12-21(18)31-3/h4-9,12-13,15,23H,10-11H2,1-3H3,(H,25,26,27)/t15-,23-/m0/s1. The molecule has 5 rings (SSSR count). The van der Waals surface area contributed by atoms with Crippen molar-refractivity contribution in [2.24, 2.45) is 0 Å². The Morgan fingerprint density at radius 2 is 1.90 bits per heavy atom. The van der Waals surface area contributed by atoms with Gasteiger partial charge in [0.05, 0.1) is 14.2 Å². The molecule has 158 valence electrons. The van der Waals surface area contributed by atoms with E-state index in [1.807, 2.05) is 35.0 Å². The SMILES string of the molecule is COc1ccc([C@@H]2CC(=O)C3=C(C2)Nc2ncnn2[C@H]3c2ccccc2C)c(OC)c1. The zero-order chi connectivity index (χ0) is 21.5. The van der Waals surface area contributed by atoms with Gasteiger partial charge >= 0.3 is 0 Å². The van der Waals surface area contributed by atoms with E-state index < -0.39 is 0 Å². The summed E-state index contributed by atoms with van der Waals surface area (Å²) in [4.78, 5) is 17.9. The zero-order valence-corrected chi connectivity index (χ0v) is 17.8. The number of aryl methyl sites for hydroxylation is 1. The first-order valence-corrected chi connectivity index (χ1v) is 10.3. The molecule has 0 unspecified atom stereocenters. The molecule has 2 aromatic carbocycles. The van der Waals surface area contributed by atoms with E-state index in [4.69, 9.17) is 9.47 Å². The Morgan fingerprint density at radius 1 is 1.06 bits per heavy atom. The highest BCUT2D eigenvalue weighted by atomic mass is 16.5. The van der Waals surface area contributed by atoms with Crippen LogP contribution in [0.15, 0.2) is 60.1 Å². The van der Waals surface area contributed by atoms with Crippen LogP contribution in [0.4, 0.5) is 5.95 Å². The number of hydrogen-bond acceptors (Lipinski definition) is 6. The Balaban J connectivity index is 1.59. The summed E-state index contributed by atoms with van der Waals surface area (Å²) < 4.78 is 12.7. The minimum Gasteiger partial charge on any atom is -0.497 e. The fraction of sp³-hybridized carbons (Fsp3) is 0.292. The maximum Gasteiger partial charge on any atom is 0.226 e. The Bertz CT molecular complexity index is 1200. The maximum atomic E-state index is 13.5. The minimum absolute atomic E-state index is 0.00611. The van der Waals surface area contributed by atoms with Crippen molar-refractivity contribution in [3.05, 3.63) is 76.8 Å². The summed E-state index contributed by atoms with van der Waals surface area (Å²) in [6.07, 6.45) is 2.63. The number of fused-ring (bicyclic) bond motifs is 1. The molecule has 2 heterocycles. The predicted molar refractivity (Wildman–Crippen MR) is 117 cm³/mol. The van der Waals surface area contributed by atoms with Crippen molar-refractivity contribution in [3.63, 3.8) is 0 Å². The number of Topliss-reactive ketones (excluding diaryl/α,β-unsaturated/α-hetero) is 1. The maximum absolute atomic E-state index is 13.5. The molecule has 0 bridgehead atoms. The van der Waals surface area contributed by atoms with Crippen LogP contribution in [0, 0.1) is 6.92 Å². The Hall–Kier alpha value is -3.61. The summed E-state index contributed by atoms with van der Waals surface area (Å²) in [7, 11) is 3.27. The molecule has 3 aromatic rings. The lowest BCUT2D eigenvalue weighted by atomic mass is 9.77. The predicted octanol–water partition coefficient (Wildman–Crippen LogP) is 4.02. The second kappa shape index (κ2) is 7.58. The first-order valence-electron chi connectivity index (χ1n) is 10.3. The number of carbonyl (C=O) groups excluding carboxylic acids is 1. The largest absolute Gasteiger partial charge is 0.497 e. The average molecular weight is 416 g/mol. The summed E-state index contributed by atoms with van der Waals surface area (Å²) >= 11 is 0. The molecular weight excluding hydrogens is 392 g/mol. The number of nitrogens with zero attached hydrogens (tertiary/aromatic N) is 3. The molecule has 1 aliphatic heterocycles. The summed E-state index contributed by atoms with van der Waals surface area (Å²) in [5, 5.41) is 7.80. The Labute approximate surface area is 180 Å². The van der Waals surface area contributed by atoms with Gasteiger partial charge in [-0.15, -0.1) is 0 Å².